The Balaban J connectivity index is 1.46. The topological polar surface area (TPSA) is 95.6 Å². The van der Waals surface area contributed by atoms with Crippen LogP contribution in [0.4, 0.5) is 11.4 Å². The highest BCUT2D eigenvalue weighted by Crippen LogP contribution is 2.25. The van der Waals surface area contributed by atoms with Crippen molar-refractivity contribution in [3.63, 3.8) is 0 Å². The Bertz CT molecular complexity index is 1080. The Labute approximate surface area is 175 Å². The molecule has 7 heteroatoms. The summed E-state index contributed by atoms with van der Waals surface area (Å²) in [6, 6.07) is 16.4. The Morgan fingerprint density at radius 2 is 1.93 bits per heavy atom. The Morgan fingerprint density at radius 1 is 1.10 bits per heavy atom. The average molecular weight is 400 g/mol. The van der Waals surface area contributed by atoms with Gasteiger partial charge in [-0.3, -0.25) is 4.79 Å². The van der Waals surface area contributed by atoms with E-state index in [0.717, 1.165) is 48.7 Å². The van der Waals surface area contributed by atoms with Crippen LogP contribution in [0.15, 0.2) is 48.5 Å². The first kappa shape index (κ1) is 19.6. The van der Waals surface area contributed by atoms with Crippen LogP contribution in [0.1, 0.15) is 37.6 Å². The van der Waals surface area contributed by atoms with Crippen molar-refractivity contribution in [1.82, 2.24) is 14.8 Å². The van der Waals surface area contributed by atoms with Crippen LogP contribution in [0.2, 0.25) is 0 Å². The molecule has 0 aliphatic carbocycles. The zero-order valence-electron chi connectivity index (χ0n) is 16.9. The van der Waals surface area contributed by atoms with E-state index >= 15 is 0 Å². The Morgan fingerprint density at radius 3 is 2.73 bits per heavy atom. The van der Waals surface area contributed by atoms with E-state index in [0.29, 0.717) is 11.3 Å². The standard InChI is InChI=1S/C23H24N6O/c1-16(23(30)26-19-11-9-17(15-24)10-12-19)25-20-7-5-6-18(14-20)22-28-27-21-8-3-2-4-13-29(21)22/h5-7,9-12,14,16,25H,2-4,8,13H2,1H3,(H,26,30). The minimum absolute atomic E-state index is 0.151. The quantitative estimate of drug-likeness (QED) is 0.675. The van der Waals surface area contributed by atoms with Crippen molar-refractivity contribution in [2.24, 2.45) is 0 Å². The lowest BCUT2D eigenvalue weighted by atomic mass is 10.1. The van der Waals surface area contributed by atoms with Crippen molar-refractivity contribution < 1.29 is 4.79 Å². The summed E-state index contributed by atoms with van der Waals surface area (Å²) in [5.74, 6) is 1.78. The number of nitrogens with zero attached hydrogens (tertiary/aromatic N) is 4. The summed E-state index contributed by atoms with van der Waals surface area (Å²) in [5, 5.41) is 23.8. The second-order valence-corrected chi connectivity index (χ2v) is 7.53. The van der Waals surface area contributed by atoms with E-state index in [1.807, 2.05) is 31.2 Å². The summed E-state index contributed by atoms with van der Waals surface area (Å²) < 4.78 is 2.22. The molecule has 4 rings (SSSR count). The summed E-state index contributed by atoms with van der Waals surface area (Å²) in [6.45, 7) is 2.76. The summed E-state index contributed by atoms with van der Waals surface area (Å²) in [6.07, 6.45) is 4.49. The Hall–Kier alpha value is -3.66. The number of aryl methyl sites for hydroxylation is 1. The number of rotatable bonds is 5. The van der Waals surface area contributed by atoms with E-state index in [-0.39, 0.29) is 5.91 Å². The highest BCUT2D eigenvalue weighted by molar-refractivity contribution is 5.96. The SMILES string of the molecule is CC(Nc1cccc(-c2nnc3n2CCCCC3)c1)C(=O)Nc1ccc(C#N)cc1. The maximum atomic E-state index is 12.5. The molecule has 0 saturated heterocycles. The molecule has 3 aromatic rings. The number of anilines is 2. The Kier molecular flexibility index (Phi) is 5.75. The first-order valence-corrected chi connectivity index (χ1v) is 10.2. The van der Waals surface area contributed by atoms with Crippen LogP contribution in [0.5, 0.6) is 0 Å². The number of benzene rings is 2. The molecule has 30 heavy (non-hydrogen) atoms. The number of fused-ring (bicyclic) bond motifs is 1. The monoisotopic (exact) mass is 400 g/mol. The fourth-order valence-corrected chi connectivity index (χ4v) is 3.64. The third-order valence-electron chi connectivity index (χ3n) is 5.29. The fraction of sp³-hybridized carbons (Fsp3) is 0.304. The van der Waals surface area contributed by atoms with Crippen molar-refractivity contribution in [2.75, 3.05) is 10.6 Å². The van der Waals surface area contributed by atoms with Crippen LogP contribution in [-0.4, -0.2) is 26.7 Å². The molecule has 1 atom stereocenters. The van der Waals surface area contributed by atoms with Crippen LogP contribution >= 0.6 is 0 Å². The largest absolute Gasteiger partial charge is 0.374 e. The lowest BCUT2D eigenvalue weighted by Crippen LogP contribution is -2.31. The smallest absolute Gasteiger partial charge is 0.246 e. The van der Waals surface area contributed by atoms with Crippen LogP contribution in [0.3, 0.4) is 0 Å². The van der Waals surface area contributed by atoms with Crippen LogP contribution in [0.25, 0.3) is 11.4 Å². The number of nitrogens with one attached hydrogen (secondary N) is 2. The zero-order chi connectivity index (χ0) is 20.9. The second kappa shape index (κ2) is 8.78. The molecule has 1 amide bonds. The minimum atomic E-state index is -0.439. The van der Waals surface area contributed by atoms with Gasteiger partial charge in [-0.05, 0) is 56.2 Å². The molecule has 0 fully saturated rings. The molecule has 1 aromatic heterocycles. The first-order chi connectivity index (χ1) is 14.6. The third kappa shape index (κ3) is 4.33. The van der Waals surface area contributed by atoms with E-state index in [1.54, 1.807) is 24.3 Å². The highest BCUT2D eigenvalue weighted by Gasteiger charge is 2.17. The molecule has 0 radical (unpaired) electrons. The summed E-state index contributed by atoms with van der Waals surface area (Å²) in [4.78, 5) is 12.5. The zero-order valence-corrected chi connectivity index (χ0v) is 16.9. The van der Waals surface area contributed by atoms with E-state index in [9.17, 15) is 4.79 Å². The highest BCUT2D eigenvalue weighted by atomic mass is 16.2. The molecule has 2 heterocycles. The molecular weight excluding hydrogens is 376 g/mol. The molecular formula is C23H24N6O. The first-order valence-electron chi connectivity index (χ1n) is 10.2. The number of carbonyl (C=O) groups is 1. The summed E-state index contributed by atoms with van der Waals surface area (Å²) in [5.41, 5.74) is 3.05. The van der Waals surface area contributed by atoms with Gasteiger partial charge in [-0.2, -0.15) is 5.26 Å². The van der Waals surface area contributed by atoms with Gasteiger partial charge in [0.25, 0.3) is 0 Å². The predicted molar refractivity (Wildman–Crippen MR) is 116 cm³/mol. The van der Waals surface area contributed by atoms with Crippen LogP contribution < -0.4 is 10.6 Å². The van der Waals surface area contributed by atoms with Crippen molar-refractivity contribution in [2.45, 2.75) is 45.2 Å². The van der Waals surface area contributed by atoms with Crippen molar-refractivity contribution in [3.8, 4) is 17.5 Å². The number of carbonyl (C=O) groups excluding carboxylic acids is 1. The van der Waals surface area contributed by atoms with Gasteiger partial charge in [0.15, 0.2) is 5.82 Å². The molecule has 0 spiro atoms. The van der Waals surface area contributed by atoms with Gasteiger partial charge in [0, 0.05) is 29.9 Å². The number of hydrogen-bond donors (Lipinski definition) is 2. The maximum absolute atomic E-state index is 12.5. The average Bonchev–Trinajstić information content (AvgIpc) is 3.02. The molecule has 2 aromatic carbocycles. The van der Waals surface area contributed by atoms with Crippen LogP contribution in [0, 0.1) is 11.3 Å². The maximum Gasteiger partial charge on any atom is 0.246 e. The second-order valence-electron chi connectivity index (χ2n) is 7.53. The number of nitriles is 1. The number of aromatic nitrogens is 3. The predicted octanol–water partition coefficient (Wildman–Crippen LogP) is 3.98. The van der Waals surface area contributed by atoms with Gasteiger partial charge in [-0.15, -0.1) is 10.2 Å². The molecule has 1 aliphatic heterocycles. The van der Waals surface area contributed by atoms with Gasteiger partial charge in [0.05, 0.1) is 11.6 Å². The summed E-state index contributed by atoms with van der Waals surface area (Å²) >= 11 is 0. The fourth-order valence-electron chi connectivity index (χ4n) is 3.64. The van der Waals surface area contributed by atoms with Gasteiger partial charge in [-0.1, -0.05) is 18.6 Å². The molecule has 0 bridgehead atoms. The van der Waals surface area contributed by atoms with Gasteiger partial charge in [0.1, 0.15) is 11.9 Å². The molecule has 1 aliphatic rings. The van der Waals surface area contributed by atoms with E-state index in [2.05, 4.69) is 31.5 Å². The normalized spacial score (nSPS) is 14.1. The molecule has 152 valence electrons. The van der Waals surface area contributed by atoms with Gasteiger partial charge in [0.2, 0.25) is 5.91 Å². The number of amides is 1. The lowest BCUT2D eigenvalue weighted by Gasteiger charge is -2.16. The van der Waals surface area contributed by atoms with Crippen molar-refractivity contribution >= 4 is 17.3 Å². The lowest BCUT2D eigenvalue weighted by molar-refractivity contribution is -0.116. The molecule has 0 saturated carbocycles. The van der Waals surface area contributed by atoms with E-state index in [4.69, 9.17) is 5.26 Å². The molecule has 7 nitrogen and oxygen atoms in total. The van der Waals surface area contributed by atoms with Gasteiger partial charge < -0.3 is 15.2 Å². The molecule has 1 unspecified atom stereocenters. The van der Waals surface area contributed by atoms with E-state index < -0.39 is 6.04 Å². The molecule has 2 N–H and O–H groups in total. The summed E-state index contributed by atoms with van der Waals surface area (Å²) in [7, 11) is 0. The van der Waals surface area contributed by atoms with Crippen LogP contribution in [-0.2, 0) is 17.8 Å². The van der Waals surface area contributed by atoms with E-state index in [1.165, 1.54) is 6.42 Å². The minimum Gasteiger partial charge on any atom is -0.374 e. The van der Waals surface area contributed by atoms with Gasteiger partial charge in [-0.25, -0.2) is 0 Å². The van der Waals surface area contributed by atoms with Crippen molar-refractivity contribution in [3.05, 3.63) is 59.9 Å². The number of hydrogen-bond acceptors (Lipinski definition) is 5. The van der Waals surface area contributed by atoms with Crippen molar-refractivity contribution in [1.29, 1.82) is 5.26 Å². The third-order valence-corrected chi connectivity index (χ3v) is 5.29. The van der Waals surface area contributed by atoms with Gasteiger partial charge >= 0.3 is 0 Å².